The van der Waals surface area contributed by atoms with Gasteiger partial charge >= 0.3 is 0 Å². The first-order chi connectivity index (χ1) is 22.5. The standard InChI is InChI=1S/C33H26N4O10/c1-47-26-14-20(38)8-9-22(26)27-21-10-11-23-28(32(41)34(30(23)39)16-4-2-6-18(12-16)36(43)44)24(21)15-25-29(27)33(42)35(31(25)40)17-5-3-7-19(13-17)37(45)46/h2-10,12-14,23-25,27-29,38H,11,15H2,1H3/t23-,24+,25+,27+,28-,29+/m0/s1. The summed E-state index contributed by atoms with van der Waals surface area (Å²) in [5.41, 5.74) is 0.682. The van der Waals surface area contributed by atoms with E-state index >= 15 is 0 Å². The molecule has 3 aromatic rings. The Morgan fingerprint density at radius 1 is 0.745 bits per heavy atom. The van der Waals surface area contributed by atoms with Gasteiger partial charge in [-0.2, -0.15) is 0 Å². The lowest BCUT2D eigenvalue weighted by Gasteiger charge is -2.44. The third-order valence-electron chi connectivity index (χ3n) is 9.80. The van der Waals surface area contributed by atoms with E-state index in [1.165, 1.54) is 61.7 Å². The molecule has 3 aromatic carbocycles. The molecule has 3 fully saturated rings. The summed E-state index contributed by atoms with van der Waals surface area (Å²) < 4.78 is 5.60. The normalized spacial score (nSPS) is 26.4. The Kier molecular flexibility index (Phi) is 6.88. The molecule has 6 atom stereocenters. The van der Waals surface area contributed by atoms with E-state index in [-0.39, 0.29) is 47.1 Å². The maximum absolute atomic E-state index is 14.3. The van der Waals surface area contributed by atoms with Gasteiger partial charge in [0.1, 0.15) is 11.5 Å². The van der Waals surface area contributed by atoms with E-state index in [1.807, 2.05) is 6.08 Å². The number of ether oxygens (including phenoxy) is 1. The van der Waals surface area contributed by atoms with Gasteiger partial charge in [0.25, 0.3) is 11.4 Å². The van der Waals surface area contributed by atoms with Crippen molar-refractivity contribution in [3.8, 4) is 11.5 Å². The SMILES string of the molecule is COc1cc(O)ccc1[C@H]1C2=CC[C@@H]3C(=O)N(c4cccc([N+](=O)[O-])c4)C(=O)[C@@H]3[C@@H]2C[C@H]2C(=O)N(c3cccc([N+](=O)[O-])c3)C(=O)[C@@H]12. The number of benzene rings is 3. The Morgan fingerprint density at radius 3 is 1.89 bits per heavy atom. The molecule has 2 aliphatic carbocycles. The molecule has 2 heterocycles. The van der Waals surface area contributed by atoms with Gasteiger partial charge in [0, 0.05) is 41.8 Å². The average molecular weight is 639 g/mol. The van der Waals surface area contributed by atoms with Crippen LogP contribution >= 0.6 is 0 Å². The zero-order valence-electron chi connectivity index (χ0n) is 24.7. The number of non-ortho nitro benzene ring substituents is 2. The lowest BCUT2D eigenvalue weighted by Crippen LogP contribution is -2.43. The molecule has 7 rings (SSSR count). The van der Waals surface area contributed by atoms with E-state index < -0.39 is 69.0 Å². The van der Waals surface area contributed by atoms with E-state index in [0.29, 0.717) is 11.1 Å². The highest BCUT2D eigenvalue weighted by atomic mass is 16.6. The summed E-state index contributed by atoms with van der Waals surface area (Å²) in [7, 11) is 1.40. The molecule has 0 radical (unpaired) electrons. The molecule has 47 heavy (non-hydrogen) atoms. The summed E-state index contributed by atoms with van der Waals surface area (Å²) in [5, 5.41) is 33.2. The molecule has 0 spiro atoms. The van der Waals surface area contributed by atoms with Gasteiger partial charge in [0.2, 0.25) is 23.6 Å². The quantitative estimate of drug-likeness (QED) is 0.177. The van der Waals surface area contributed by atoms with Crippen molar-refractivity contribution in [3.63, 3.8) is 0 Å². The molecule has 0 bridgehead atoms. The summed E-state index contributed by atoms with van der Waals surface area (Å²) in [6.07, 6.45) is 2.03. The Labute approximate surface area is 266 Å². The van der Waals surface area contributed by atoms with Crippen molar-refractivity contribution in [1.29, 1.82) is 0 Å². The number of carbonyl (C=O) groups is 4. The second kappa shape index (κ2) is 10.9. The van der Waals surface area contributed by atoms with Crippen LogP contribution in [0.4, 0.5) is 22.7 Å². The van der Waals surface area contributed by atoms with Crippen LogP contribution in [-0.2, 0) is 19.2 Å². The first-order valence-electron chi connectivity index (χ1n) is 14.8. The van der Waals surface area contributed by atoms with Gasteiger partial charge in [-0.3, -0.25) is 39.4 Å². The van der Waals surface area contributed by atoms with Crippen molar-refractivity contribution >= 4 is 46.4 Å². The minimum Gasteiger partial charge on any atom is -0.508 e. The summed E-state index contributed by atoms with van der Waals surface area (Å²) in [6, 6.07) is 14.9. The Morgan fingerprint density at radius 2 is 1.32 bits per heavy atom. The largest absolute Gasteiger partial charge is 0.508 e. The van der Waals surface area contributed by atoms with Crippen LogP contribution in [0, 0.1) is 49.8 Å². The number of nitro benzene ring substituents is 2. The summed E-state index contributed by atoms with van der Waals surface area (Å²) in [5.74, 6) is -7.18. The number of hydrogen-bond acceptors (Lipinski definition) is 10. The number of anilines is 2. The monoisotopic (exact) mass is 638 g/mol. The number of amides is 4. The lowest BCUT2D eigenvalue weighted by molar-refractivity contribution is -0.385. The van der Waals surface area contributed by atoms with E-state index in [2.05, 4.69) is 0 Å². The minimum atomic E-state index is -0.973. The molecule has 1 N–H and O–H groups in total. The van der Waals surface area contributed by atoms with Crippen molar-refractivity contribution < 1.29 is 38.9 Å². The van der Waals surface area contributed by atoms with Crippen molar-refractivity contribution in [2.45, 2.75) is 18.8 Å². The van der Waals surface area contributed by atoms with Crippen LogP contribution in [-0.4, -0.2) is 45.7 Å². The summed E-state index contributed by atoms with van der Waals surface area (Å²) in [4.78, 5) is 79.9. The number of phenolic OH excluding ortho intramolecular Hbond substituents is 1. The number of methoxy groups -OCH3 is 1. The van der Waals surface area contributed by atoms with Crippen molar-refractivity contribution in [3.05, 3.63) is 104 Å². The number of fused-ring (bicyclic) bond motifs is 4. The van der Waals surface area contributed by atoms with E-state index in [4.69, 9.17) is 4.74 Å². The van der Waals surface area contributed by atoms with E-state index in [1.54, 1.807) is 6.07 Å². The van der Waals surface area contributed by atoms with Crippen LogP contribution in [0.1, 0.15) is 24.3 Å². The first kappa shape index (κ1) is 29.8. The van der Waals surface area contributed by atoms with Gasteiger partial charge in [0.15, 0.2) is 0 Å². The second-order valence-corrected chi connectivity index (χ2v) is 12.0. The second-order valence-electron chi connectivity index (χ2n) is 12.0. The first-order valence-corrected chi connectivity index (χ1v) is 14.8. The third kappa shape index (κ3) is 4.47. The summed E-state index contributed by atoms with van der Waals surface area (Å²) in [6.45, 7) is 0. The van der Waals surface area contributed by atoms with Crippen molar-refractivity contribution in [1.82, 2.24) is 0 Å². The van der Waals surface area contributed by atoms with E-state index in [0.717, 1.165) is 15.9 Å². The molecule has 4 amide bonds. The maximum atomic E-state index is 14.3. The molecular formula is C33H26N4O10. The van der Waals surface area contributed by atoms with Crippen molar-refractivity contribution in [2.75, 3.05) is 16.9 Å². The maximum Gasteiger partial charge on any atom is 0.271 e. The number of imide groups is 2. The molecule has 238 valence electrons. The Bertz CT molecular complexity index is 1960. The average Bonchev–Trinajstić information content (AvgIpc) is 3.47. The molecule has 2 saturated heterocycles. The van der Waals surface area contributed by atoms with Crippen LogP contribution < -0.4 is 14.5 Å². The van der Waals surface area contributed by atoms with Gasteiger partial charge in [-0.05, 0) is 37.0 Å². The van der Waals surface area contributed by atoms with Crippen LogP contribution in [0.3, 0.4) is 0 Å². The van der Waals surface area contributed by atoms with E-state index in [9.17, 15) is 44.5 Å². The van der Waals surface area contributed by atoms with Gasteiger partial charge in [-0.15, -0.1) is 0 Å². The van der Waals surface area contributed by atoms with Gasteiger partial charge in [-0.25, -0.2) is 9.80 Å². The van der Waals surface area contributed by atoms with Crippen LogP contribution in [0.5, 0.6) is 11.5 Å². The topological polar surface area (TPSA) is 190 Å². The number of aromatic hydroxyl groups is 1. The Hall–Kier alpha value is -5.92. The number of nitrogens with zero attached hydrogens (tertiary/aromatic N) is 4. The number of allylic oxidation sites excluding steroid dienone is 2. The molecule has 14 nitrogen and oxygen atoms in total. The van der Waals surface area contributed by atoms with Gasteiger partial charge < -0.3 is 9.84 Å². The molecule has 4 aliphatic rings. The molecular weight excluding hydrogens is 612 g/mol. The predicted molar refractivity (Wildman–Crippen MR) is 163 cm³/mol. The number of carbonyl (C=O) groups excluding carboxylic acids is 4. The van der Waals surface area contributed by atoms with Gasteiger partial charge in [0.05, 0.1) is 52.0 Å². The highest BCUT2D eigenvalue weighted by Gasteiger charge is 2.62. The fourth-order valence-corrected chi connectivity index (χ4v) is 7.89. The fraction of sp³-hybridized carbons (Fsp3) is 0.273. The fourth-order valence-electron chi connectivity index (χ4n) is 7.89. The van der Waals surface area contributed by atoms with Crippen LogP contribution in [0.25, 0.3) is 0 Å². The molecule has 0 unspecified atom stereocenters. The molecule has 1 saturated carbocycles. The predicted octanol–water partition coefficient (Wildman–Crippen LogP) is 4.26. The Balaban J connectivity index is 1.34. The molecule has 2 aliphatic heterocycles. The third-order valence-corrected chi connectivity index (χ3v) is 9.80. The molecule has 14 heteroatoms. The zero-order valence-corrected chi connectivity index (χ0v) is 24.7. The highest BCUT2D eigenvalue weighted by molar-refractivity contribution is 6.24. The number of phenols is 1. The van der Waals surface area contributed by atoms with Crippen LogP contribution in [0.2, 0.25) is 0 Å². The van der Waals surface area contributed by atoms with Crippen LogP contribution in [0.15, 0.2) is 78.4 Å². The highest BCUT2D eigenvalue weighted by Crippen LogP contribution is 2.59. The number of hydrogen-bond donors (Lipinski definition) is 1. The summed E-state index contributed by atoms with van der Waals surface area (Å²) >= 11 is 0. The lowest BCUT2D eigenvalue weighted by atomic mass is 9.57. The molecule has 0 aromatic heterocycles. The minimum absolute atomic E-state index is 0.0406. The zero-order chi connectivity index (χ0) is 33.3. The van der Waals surface area contributed by atoms with Crippen molar-refractivity contribution in [2.24, 2.45) is 29.6 Å². The number of nitro groups is 2. The smallest absolute Gasteiger partial charge is 0.271 e. The van der Waals surface area contributed by atoms with Gasteiger partial charge in [-0.1, -0.05) is 29.8 Å². The number of rotatable bonds is 6.